The zero-order valence-corrected chi connectivity index (χ0v) is 17.4. The maximum absolute atomic E-state index is 13.4. The van der Waals surface area contributed by atoms with E-state index in [1.54, 1.807) is 6.07 Å². The molecule has 3 rings (SSSR count). The number of azide groups is 1. The molecule has 1 atom stereocenters. The van der Waals surface area contributed by atoms with E-state index in [0.717, 1.165) is 18.4 Å². The molecule has 1 aliphatic carbocycles. The van der Waals surface area contributed by atoms with Crippen LogP contribution < -0.4 is 10.8 Å². The molecular weight excluding hydrogens is 396 g/mol. The molecule has 9 nitrogen and oxygen atoms in total. The highest BCUT2D eigenvalue weighted by Gasteiger charge is 2.34. The number of pyridine rings is 1. The second-order valence-electron chi connectivity index (χ2n) is 7.76. The summed E-state index contributed by atoms with van der Waals surface area (Å²) < 4.78 is 0. The van der Waals surface area contributed by atoms with E-state index in [1.807, 2.05) is 37.3 Å². The predicted octanol–water partition coefficient (Wildman–Crippen LogP) is 4.42. The highest BCUT2D eigenvalue weighted by Crippen LogP contribution is 2.35. The van der Waals surface area contributed by atoms with Gasteiger partial charge >= 0.3 is 0 Å². The zero-order valence-electron chi connectivity index (χ0n) is 17.4. The summed E-state index contributed by atoms with van der Waals surface area (Å²) in [7, 11) is 0. The number of nitrogens with two attached hydrogens (primary N) is 1. The Balaban J connectivity index is 1.79. The normalized spacial score (nSPS) is 19.1. The van der Waals surface area contributed by atoms with E-state index in [1.165, 1.54) is 17.3 Å². The second kappa shape index (κ2) is 10.6. The summed E-state index contributed by atoms with van der Waals surface area (Å²) in [6.07, 6.45) is 4.37. The Hall–Kier alpha value is -3.42. The first-order chi connectivity index (χ1) is 15.0. The Bertz CT molecular complexity index is 953. The molecule has 0 saturated heterocycles. The molecule has 31 heavy (non-hydrogen) atoms. The van der Waals surface area contributed by atoms with E-state index in [-0.39, 0.29) is 42.0 Å². The van der Waals surface area contributed by atoms with Crippen molar-refractivity contribution in [2.24, 2.45) is 28.6 Å². The molecule has 0 spiro atoms. The third-order valence-electron chi connectivity index (χ3n) is 5.78. The molecular formula is C22H26N6O3. The van der Waals surface area contributed by atoms with Crippen LogP contribution in [-0.2, 0) is 21.0 Å². The standard InChI is InChI=1S/C22H26N6O3/c1-15(17-7-9-18(10-8-17)21(23)29)22(30)28(31-14-16-5-3-2-4-6-16)19-11-12-25-20(13-19)26-27-24/h2-6,11-13,15,17-18H,7-10,14H2,1H3,(H2,23,29)/t15-,17?,18?/m1/s1. The highest BCUT2D eigenvalue weighted by atomic mass is 16.7. The lowest BCUT2D eigenvalue weighted by molar-refractivity contribution is -0.132. The van der Waals surface area contributed by atoms with E-state index < -0.39 is 0 Å². The predicted molar refractivity (Wildman–Crippen MR) is 116 cm³/mol. The third-order valence-corrected chi connectivity index (χ3v) is 5.78. The van der Waals surface area contributed by atoms with Gasteiger partial charge in [0.2, 0.25) is 5.91 Å². The quantitative estimate of drug-likeness (QED) is 0.292. The van der Waals surface area contributed by atoms with Gasteiger partial charge in [0.1, 0.15) is 12.4 Å². The van der Waals surface area contributed by atoms with Gasteiger partial charge < -0.3 is 5.73 Å². The van der Waals surface area contributed by atoms with Crippen molar-refractivity contribution in [2.45, 2.75) is 39.2 Å². The van der Waals surface area contributed by atoms with Crippen LogP contribution in [0, 0.1) is 17.8 Å². The monoisotopic (exact) mass is 422 g/mol. The number of amides is 2. The fourth-order valence-electron chi connectivity index (χ4n) is 3.90. The Labute approximate surface area is 180 Å². The number of hydrogen-bond acceptors (Lipinski definition) is 5. The summed E-state index contributed by atoms with van der Waals surface area (Å²) in [6, 6.07) is 12.7. The van der Waals surface area contributed by atoms with Crippen molar-refractivity contribution in [1.29, 1.82) is 0 Å². The maximum atomic E-state index is 13.4. The molecule has 0 aliphatic heterocycles. The van der Waals surface area contributed by atoms with Gasteiger partial charge in [-0.3, -0.25) is 19.4 Å². The fraction of sp³-hybridized carbons (Fsp3) is 0.409. The Morgan fingerprint density at radius 3 is 2.61 bits per heavy atom. The summed E-state index contributed by atoms with van der Waals surface area (Å²) >= 11 is 0. The molecule has 1 saturated carbocycles. The molecule has 2 N–H and O–H groups in total. The fourth-order valence-corrected chi connectivity index (χ4v) is 3.90. The summed E-state index contributed by atoms with van der Waals surface area (Å²) in [5.74, 6) is -0.625. The molecule has 1 aliphatic rings. The summed E-state index contributed by atoms with van der Waals surface area (Å²) in [4.78, 5) is 37.6. The minimum absolute atomic E-state index is 0.115. The van der Waals surface area contributed by atoms with Gasteiger partial charge in [-0.2, -0.15) is 5.06 Å². The minimum atomic E-state index is -0.319. The van der Waals surface area contributed by atoms with Crippen molar-refractivity contribution in [1.82, 2.24) is 4.98 Å². The summed E-state index contributed by atoms with van der Waals surface area (Å²) in [5, 5.41) is 4.78. The van der Waals surface area contributed by atoms with Crippen LogP contribution in [0.3, 0.4) is 0 Å². The number of hydrogen-bond donors (Lipinski definition) is 1. The Kier molecular flexibility index (Phi) is 7.59. The van der Waals surface area contributed by atoms with Crippen LogP contribution in [0.4, 0.5) is 11.5 Å². The number of benzene rings is 1. The van der Waals surface area contributed by atoms with Crippen molar-refractivity contribution < 1.29 is 14.4 Å². The van der Waals surface area contributed by atoms with Gasteiger partial charge in [0.25, 0.3) is 5.91 Å². The van der Waals surface area contributed by atoms with Crippen LogP contribution in [0.2, 0.25) is 0 Å². The molecule has 0 bridgehead atoms. The largest absolute Gasteiger partial charge is 0.369 e. The van der Waals surface area contributed by atoms with Crippen molar-refractivity contribution in [3.8, 4) is 0 Å². The number of hydroxylamine groups is 1. The molecule has 1 aromatic heterocycles. The van der Waals surface area contributed by atoms with E-state index in [2.05, 4.69) is 15.0 Å². The smallest absolute Gasteiger partial charge is 0.253 e. The third kappa shape index (κ3) is 5.81. The first-order valence-electron chi connectivity index (χ1n) is 10.3. The number of aromatic nitrogens is 1. The van der Waals surface area contributed by atoms with Crippen LogP contribution >= 0.6 is 0 Å². The van der Waals surface area contributed by atoms with Gasteiger partial charge in [0.05, 0.1) is 5.69 Å². The first kappa shape index (κ1) is 22.3. The lowest BCUT2D eigenvalue weighted by Crippen LogP contribution is -2.39. The number of carbonyl (C=O) groups excluding carboxylic acids is 2. The molecule has 1 heterocycles. The average molecular weight is 422 g/mol. The average Bonchev–Trinajstić information content (AvgIpc) is 2.80. The topological polar surface area (TPSA) is 134 Å². The van der Waals surface area contributed by atoms with E-state index in [0.29, 0.717) is 18.5 Å². The van der Waals surface area contributed by atoms with Gasteiger partial charge in [-0.25, -0.2) is 0 Å². The van der Waals surface area contributed by atoms with Crippen LogP contribution in [0.25, 0.3) is 10.4 Å². The minimum Gasteiger partial charge on any atom is -0.369 e. The van der Waals surface area contributed by atoms with E-state index in [9.17, 15) is 9.59 Å². The summed E-state index contributed by atoms with van der Waals surface area (Å²) in [5.41, 5.74) is 15.5. The van der Waals surface area contributed by atoms with Gasteiger partial charge in [-0.15, -0.1) is 0 Å². The van der Waals surface area contributed by atoms with Gasteiger partial charge in [-0.1, -0.05) is 37.3 Å². The molecule has 2 aromatic rings. The Morgan fingerprint density at radius 1 is 1.26 bits per heavy atom. The van der Waals surface area contributed by atoms with Gasteiger partial charge in [-0.05, 0) is 59.9 Å². The summed E-state index contributed by atoms with van der Waals surface area (Å²) in [6.45, 7) is 2.08. The zero-order chi connectivity index (χ0) is 22.2. The van der Waals surface area contributed by atoms with E-state index in [4.69, 9.17) is 16.1 Å². The van der Waals surface area contributed by atoms with Crippen LogP contribution in [0.15, 0.2) is 53.8 Å². The molecule has 9 heteroatoms. The number of carbonyl (C=O) groups is 2. The molecule has 2 amide bonds. The lowest BCUT2D eigenvalue weighted by atomic mass is 9.76. The van der Waals surface area contributed by atoms with Crippen molar-refractivity contribution in [3.63, 3.8) is 0 Å². The molecule has 0 unspecified atom stereocenters. The lowest BCUT2D eigenvalue weighted by Gasteiger charge is -2.33. The number of rotatable bonds is 8. The molecule has 1 aromatic carbocycles. The highest BCUT2D eigenvalue weighted by molar-refractivity contribution is 5.93. The first-order valence-corrected chi connectivity index (χ1v) is 10.3. The van der Waals surface area contributed by atoms with Crippen LogP contribution in [0.5, 0.6) is 0 Å². The maximum Gasteiger partial charge on any atom is 0.253 e. The van der Waals surface area contributed by atoms with E-state index >= 15 is 0 Å². The van der Waals surface area contributed by atoms with Crippen molar-refractivity contribution >= 4 is 23.3 Å². The molecule has 1 fully saturated rings. The molecule has 0 radical (unpaired) electrons. The number of nitrogens with zero attached hydrogens (tertiary/aromatic N) is 5. The van der Waals surface area contributed by atoms with Crippen molar-refractivity contribution in [2.75, 3.05) is 5.06 Å². The number of anilines is 1. The Morgan fingerprint density at radius 2 is 1.97 bits per heavy atom. The number of primary amides is 1. The van der Waals surface area contributed by atoms with Crippen LogP contribution in [-0.4, -0.2) is 16.8 Å². The molecule has 162 valence electrons. The SMILES string of the molecule is C[C@@H](C(=O)N(OCc1ccccc1)c1ccnc(N=[N+]=[N-])c1)C1CCC(C(N)=O)CC1. The second-order valence-corrected chi connectivity index (χ2v) is 7.76. The van der Waals surface area contributed by atoms with Gasteiger partial charge in [0, 0.05) is 22.9 Å². The van der Waals surface area contributed by atoms with Crippen LogP contribution in [0.1, 0.15) is 38.2 Å². The van der Waals surface area contributed by atoms with Crippen molar-refractivity contribution in [3.05, 3.63) is 64.7 Å². The van der Waals surface area contributed by atoms with Gasteiger partial charge in [0.15, 0.2) is 0 Å².